The van der Waals surface area contributed by atoms with Crippen molar-refractivity contribution in [2.24, 2.45) is 0 Å². The predicted molar refractivity (Wildman–Crippen MR) is 70.6 cm³/mol. The van der Waals surface area contributed by atoms with Crippen molar-refractivity contribution in [2.45, 2.75) is 37.9 Å². The van der Waals surface area contributed by atoms with Crippen molar-refractivity contribution in [3.8, 4) is 0 Å². The quantitative estimate of drug-likeness (QED) is 0.819. The van der Waals surface area contributed by atoms with Crippen LogP contribution < -0.4 is 5.32 Å². The summed E-state index contributed by atoms with van der Waals surface area (Å²) in [6, 6.07) is 1.94. The average Bonchev–Trinajstić information content (AvgIpc) is 2.77. The molecule has 18 heavy (non-hydrogen) atoms. The number of aliphatic hydroxyl groups is 1. The van der Waals surface area contributed by atoms with Crippen LogP contribution in [0.4, 0.5) is 0 Å². The normalized spacial score (nSPS) is 26.7. The molecule has 1 amide bonds. The highest BCUT2D eigenvalue weighted by Crippen LogP contribution is 2.33. The maximum absolute atomic E-state index is 11.7. The Morgan fingerprint density at radius 3 is 3.06 bits per heavy atom. The van der Waals surface area contributed by atoms with Crippen molar-refractivity contribution in [1.82, 2.24) is 5.32 Å². The maximum atomic E-state index is 11.7. The van der Waals surface area contributed by atoms with Crippen molar-refractivity contribution in [1.29, 1.82) is 0 Å². The first kappa shape index (κ1) is 13.5. The molecule has 4 nitrogen and oxygen atoms in total. The molecule has 100 valence electrons. The fourth-order valence-corrected chi connectivity index (χ4v) is 2.86. The van der Waals surface area contributed by atoms with Crippen molar-refractivity contribution in [2.75, 3.05) is 13.2 Å². The molecule has 0 unspecified atom stereocenters. The third kappa shape index (κ3) is 3.54. The first-order valence-corrected chi connectivity index (χ1v) is 7.17. The van der Waals surface area contributed by atoms with Crippen LogP contribution in [0.15, 0.2) is 16.8 Å². The van der Waals surface area contributed by atoms with Crippen molar-refractivity contribution >= 4 is 17.2 Å². The molecule has 0 radical (unpaired) electrons. The molecular weight excluding hydrogens is 250 g/mol. The summed E-state index contributed by atoms with van der Waals surface area (Å²) in [6.07, 6.45) is 1.75. The maximum Gasteiger partial charge on any atom is 0.224 e. The predicted octanol–water partition coefficient (Wildman–Crippen LogP) is 1.34. The fourth-order valence-electron chi connectivity index (χ4n) is 2.19. The Balaban J connectivity index is 1.67. The second-order valence-corrected chi connectivity index (χ2v) is 5.58. The molecule has 2 N–H and O–H groups in total. The Morgan fingerprint density at radius 2 is 2.44 bits per heavy atom. The smallest absolute Gasteiger partial charge is 0.224 e. The van der Waals surface area contributed by atoms with Gasteiger partial charge in [0.1, 0.15) is 0 Å². The molecule has 1 heterocycles. The zero-order valence-corrected chi connectivity index (χ0v) is 11.3. The standard InChI is InChI=1S/C13H19NO3S/c1-2-17-11-6-13(16,7-11)9-14-12(15)5-10-3-4-18-8-10/h3-4,8,11,16H,2,5-7,9H2,1H3,(H,14,15). The van der Waals surface area contributed by atoms with E-state index in [1.807, 2.05) is 23.8 Å². The van der Waals surface area contributed by atoms with E-state index in [0.29, 0.717) is 32.4 Å². The number of amides is 1. The number of hydrogen-bond donors (Lipinski definition) is 2. The van der Waals surface area contributed by atoms with E-state index in [9.17, 15) is 9.90 Å². The molecule has 1 aromatic rings. The second-order valence-electron chi connectivity index (χ2n) is 4.80. The lowest BCUT2D eigenvalue weighted by molar-refractivity contribution is -0.141. The number of ether oxygens (including phenoxy) is 1. The second kappa shape index (κ2) is 5.82. The highest BCUT2D eigenvalue weighted by atomic mass is 32.1. The summed E-state index contributed by atoms with van der Waals surface area (Å²) in [6.45, 7) is 2.94. The number of hydrogen-bond acceptors (Lipinski definition) is 4. The molecule has 1 aliphatic carbocycles. The van der Waals surface area contributed by atoms with Crippen LogP contribution in [0.5, 0.6) is 0 Å². The molecule has 1 fully saturated rings. The summed E-state index contributed by atoms with van der Waals surface area (Å²) < 4.78 is 5.39. The third-order valence-electron chi connectivity index (χ3n) is 3.18. The zero-order chi connectivity index (χ0) is 13.0. The van der Waals surface area contributed by atoms with E-state index < -0.39 is 5.60 Å². The van der Waals surface area contributed by atoms with Gasteiger partial charge in [-0.3, -0.25) is 4.79 Å². The van der Waals surface area contributed by atoms with Crippen molar-refractivity contribution < 1.29 is 14.6 Å². The lowest BCUT2D eigenvalue weighted by Crippen LogP contribution is -2.55. The minimum Gasteiger partial charge on any atom is -0.388 e. The molecule has 1 saturated carbocycles. The summed E-state index contributed by atoms with van der Waals surface area (Å²) >= 11 is 1.58. The summed E-state index contributed by atoms with van der Waals surface area (Å²) in [5.41, 5.74) is 0.245. The van der Waals surface area contributed by atoms with Crippen LogP contribution in [0.25, 0.3) is 0 Å². The number of carbonyl (C=O) groups excluding carboxylic acids is 1. The molecule has 2 rings (SSSR count). The first-order valence-electron chi connectivity index (χ1n) is 6.23. The number of rotatable bonds is 6. The van der Waals surface area contributed by atoms with Crippen LogP contribution in [-0.4, -0.2) is 35.9 Å². The van der Waals surface area contributed by atoms with Gasteiger partial charge in [0.05, 0.1) is 18.1 Å². The van der Waals surface area contributed by atoms with Crippen LogP contribution in [0.3, 0.4) is 0 Å². The van der Waals surface area contributed by atoms with E-state index in [4.69, 9.17) is 4.74 Å². The highest BCUT2D eigenvalue weighted by molar-refractivity contribution is 7.07. The molecular formula is C13H19NO3S. The molecule has 0 aromatic carbocycles. The lowest BCUT2D eigenvalue weighted by atomic mass is 9.77. The van der Waals surface area contributed by atoms with E-state index in [2.05, 4.69) is 5.32 Å². The molecule has 0 spiro atoms. The van der Waals surface area contributed by atoms with Gasteiger partial charge in [0.25, 0.3) is 0 Å². The molecule has 0 bridgehead atoms. The molecule has 5 heteroatoms. The van der Waals surface area contributed by atoms with Gasteiger partial charge >= 0.3 is 0 Å². The van der Waals surface area contributed by atoms with Gasteiger partial charge in [0, 0.05) is 26.0 Å². The van der Waals surface area contributed by atoms with E-state index in [1.54, 1.807) is 11.3 Å². The van der Waals surface area contributed by atoms with E-state index in [-0.39, 0.29) is 12.0 Å². The Bertz CT molecular complexity index is 385. The fraction of sp³-hybridized carbons (Fsp3) is 0.615. The van der Waals surface area contributed by atoms with Crippen LogP contribution >= 0.6 is 11.3 Å². The van der Waals surface area contributed by atoms with E-state index >= 15 is 0 Å². The van der Waals surface area contributed by atoms with E-state index in [1.165, 1.54) is 0 Å². The van der Waals surface area contributed by atoms with Crippen molar-refractivity contribution in [3.05, 3.63) is 22.4 Å². The van der Waals surface area contributed by atoms with Crippen LogP contribution in [0.2, 0.25) is 0 Å². The largest absolute Gasteiger partial charge is 0.388 e. The third-order valence-corrected chi connectivity index (χ3v) is 3.91. The van der Waals surface area contributed by atoms with E-state index in [0.717, 1.165) is 5.56 Å². The monoisotopic (exact) mass is 269 g/mol. The van der Waals surface area contributed by atoms with Gasteiger partial charge < -0.3 is 15.2 Å². The SMILES string of the molecule is CCOC1CC(O)(CNC(=O)Cc2ccsc2)C1. The summed E-state index contributed by atoms with van der Waals surface area (Å²) in [5.74, 6) is -0.0401. The summed E-state index contributed by atoms with van der Waals surface area (Å²) in [5, 5.41) is 16.8. The highest BCUT2D eigenvalue weighted by Gasteiger charge is 2.43. The molecule has 0 atom stereocenters. The summed E-state index contributed by atoms with van der Waals surface area (Å²) in [7, 11) is 0. The Morgan fingerprint density at radius 1 is 1.67 bits per heavy atom. The lowest BCUT2D eigenvalue weighted by Gasteiger charge is -2.43. The molecule has 0 aliphatic heterocycles. The Kier molecular flexibility index (Phi) is 4.37. The van der Waals surface area contributed by atoms with Crippen LogP contribution in [0.1, 0.15) is 25.3 Å². The van der Waals surface area contributed by atoms with Gasteiger partial charge in [0.2, 0.25) is 5.91 Å². The Labute approximate surface area is 111 Å². The van der Waals surface area contributed by atoms with Gasteiger partial charge in [0.15, 0.2) is 0 Å². The number of nitrogens with one attached hydrogen (secondary N) is 1. The molecule has 1 aromatic heterocycles. The number of carbonyl (C=O) groups is 1. The van der Waals surface area contributed by atoms with Crippen LogP contribution in [0, 0.1) is 0 Å². The average molecular weight is 269 g/mol. The minimum atomic E-state index is -0.774. The van der Waals surface area contributed by atoms with Gasteiger partial charge in [-0.25, -0.2) is 0 Å². The van der Waals surface area contributed by atoms with Crippen molar-refractivity contribution in [3.63, 3.8) is 0 Å². The zero-order valence-electron chi connectivity index (χ0n) is 10.5. The first-order chi connectivity index (χ1) is 8.61. The molecule has 0 saturated heterocycles. The summed E-state index contributed by atoms with van der Waals surface area (Å²) in [4.78, 5) is 11.7. The Hall–Kier alpha value is -0.910. The topological polar surface area (TPSA) is 58.6 Å². The minimum absolute atomic E-state index is 0.0401. The van der Waals surface area contributed by atoms with Gasteiger partial charge in [-0.1, -0.05) is 0 Å². The molecule has 1 aliphatic rings. The van der Waals surface area contributed by atoms with Crippen LogP contribution in [-0.2, 0) is 16.0 Å². The van der Waals surface area contributed by atoms with Gasteiger partial charge in [-0.05, 0) is 29.3 Å². The van der Waals surface area contributed by atoms with Gasteiger partial charge in [-0.15, -0.1) is 0 Å². The number of thiophene rings is 1. The van der Waals surface area contributed by atoms with Gasteiger partial charge in [-0.2, -0.15) is 11.3 Å².